The number of rotatable bonds is 8. The number of methoxy groups -OCH3 is 1. The fraction of sp³-hybridized carbons (Fsp3) is 0.364. The number of ether oxygens (including phenoxy) is 1. The molecule has 1 N–H and O–H groups in total. The minimum absolute atomic E-state index is 0.113. The van der Waals surface area contributed by atoms with Crippen LogP contribution in [0.15, 0.2) is 41.3 Å². The third kappa shape index (κ3) is 3.82. The molecular formula is C22H22F2N4O3S. The second-order valence-electron chi connectivity index (χ2n) is 7.67. The first kappa shape index (κ1) is 22.2. The number of nitriles is 1. The summed E-state index contributed by atoms with van der Waals surface area (Å²) < 4.78 is 59.8. The molecule has 0 amide bonds. The van der Waals surface area contributed by atoms with E-state index >= 15 is 0 Å². The second-order valence-corrected chi connectivity index (χ2v) is 9.38. The largest absolute Gasteiger partial charge is 0.481 e. The molecule has 3 aromatic rings. The zero-order valence-electron chi connectivity index (χ0n) is 17.4. The highest BCUT2D eigenvalue weighted by Gasteiger charge is 2.29. The van der Waals surface area contributed by atoms with Gasteiger partial charge in [-0.05, 0) is 43.0 Å². The number of halogens is 2. The van der Waals surface area contributed by atoms with Gasteiger partial charge >= 0.3 is 0 Å². The Morgan fingerprint density at radius 1 is 1.22 bits per heavy atom. The third-order valence-corrected chi connectivity index (χ3v) is 7.25. The Labute approximate surface area is 184 Å². The van der Waals surface area contributed by atoms with Crippen LogP contribution in [0, 0.1) is 11.3 Å². The Morgan fingerprint density at radius 2 is 1.91 bits per heavy atom. The monoisotopic (exact) mass is 460 g/mol. The van der Waals surface area contributed by atoms with Crippen LogP contribution in [0.3, 0.4) is 0 Å². The van der Waals surface area contributed by atoms with Gasteiger partial charge in [-0.1, -0.05) is 12.1 Å². The molecule has 0 bridgehead atoms. The Hall–Kier alpha value is -3.03. The standard InChI is InChI=1S/C22H22F2N4O3S/c1-31-20-10-9-18-19(13-25)21(28(22(18)26-20)16-3-2-4-16)14-5-7-17(8-6-14)32(29,30)27-15(11-23)12-24/h5-10,15-16,27H,2-4,11-12H2,1H3. The van der Waals surface area contributed by atoms with Gasteiger partial charge in [-0.15, -0.1) is 0 Å². The highest BCUT2D eigenvalue weighted by Crippen LogP contribution is 2.42. The van der Waals surface area contributed by atoms with Crippen molar-refractivity contribution in [3.05, 3.63) is 42.0 Å². The highest BCUT2D eigenvalue weighted by atomic mass is 32.2. The average molecular weight is 461 g/mol. The van der Waals surface area contributed by atoms with Crippen LogP contribution in [0.2, 0.25) is 0 Å². The number of hydrogen-bond donors (Lipinski definition) is 1. The molecule has 4 rings (SSSR count). The Morgan fingerprint density at radius 3 is 2.44 bits per heavy atom. The van der Waals surface area contributed by atoms with Gasteiger partial charge < -0.3 is 9.30 Å². The van der Waals surface area contributed by atoms with Gasteiger partial charge in [-0.25, -0.2) is 21.9 Å². The first-order valence-electron chi connectivity index (χ1n) is 10.2. The fourth-order valence-corrected chi connectivity index (χ4v) is 5.05. The van der Waals surface area contributed by atoms with E-state index < -0.39 is 29.4 Å². The number of sulfonamides is 1. The lowest BCUT2D eigenvalue weighted by Crippen LogP contribution is -2.37. The summed E-state index contributed by atoms with van der Waals surface area (Å²) in [5.41, 5.74) is 2.41. The molecule has 0 aliphatic heterocycles. The van der Waals surface area contributed by atoms with Gasteiger partial charge in [0.25, 0.3) is 0 Å². The Balaban J connectivity index is 1.82. The van der Waals surface area contributed by atoms with Crippen molar-refractivity contribution in [2.24, 2.45) is 0 Å². The number of nitrogens with zero attached hydrogens (tertiary/aromatic N) is 3. The van der Waals surface area contributed by atoms with Gasteiger partial charge in [0.1, 0.15) is 25.1 Å². The van der Waals surface area contributed by atoms with Crippen molar-refractivity contribution in [3.63, 3.8) is 0 Å². The predicted octanol–water partition coefficient (Wildman–Crippen LogP) is 3.89. The lowest BCUT2D eigenvalue weighted by Gasteiger charge is -2.29. The first-order chi connectivity index (χ1) is 15.4. The maximum Gasteiger partial charge on any atom is 0.240 e. The minimum Gasteiger partial charge on any atom is -0.481 e. The van der Waals surface area contributed by atoms with Crippen LogP contribution in [0.5, 0.6) is 5.88 Å². The summed E-state index contributed by atoms with van der Waals surface area (Å²) >= 11 is 0. The number of alkyl halides is 2. The van der Waals surface area contributed by atoms with Gasteiger partial charge in [-0.2, -0.15) is 10.2 Å². The minimum atomic E-state index is -4.08. The van der Waals surface area contributed by atoms with Crippen LogP contribution in [-0.4, -0.2) is 44.5 Å². The smallest absolute Gasteiger partial charge is 0.240 e. The van der Waals surface area contributed by atoms with Crippen LogP contribution in [0.25, 0.3) is 22.3 Å². The van der Waals surface area contributed by atoms with Gasteiger partial charge in [0.2, 0.25) is 15.9 Å². The molecule has 0 saturated heterocycles. The summed E-state index contributed by atoms with van der Waals surface area (Å²) in [6, 6.07) is 10.4. The van der Waals surface area contributed by atoms with Crippen LogP contribution in [-0.2, 0) is 10.0 Å². The molecule has 1 aliphatic carbocycles. The van der Waals surface area contributed by atoms with Crippen molar-refractivity contribution >= 4 is 21.1 Å². The lowest BCUT2D eigenvalue weighted by molar-refractivity contribution is 0.322. The molecule has 32 heavy (non-hydrogen) atoms. The van der Waals surface area contributed by atoms with Crippen molar-refractivity contribution in [1.82, 2.24) is 14.3 Å². The van der Waals surface area contributed by atoms with Crippen LogP contribution in [0.1, 0.15) is 30.9 Å². The molecule has 0 unspecified atom stereocenters. The van der Waals surface area contributed by atoms with E-state index in [1.807, 2.05) is 9.29 Å². The number of fused-ring (bicyclic) bond motifs is 1. The van der Waals surface area contributed by atoms with E-state index in [2.05, 4.69) is 11.1 Å². The van der Waals surface area contributed by atoms with E-state index in [1.54, 1.807) is 24.3 Å². The lowest BCUT2D eigenvalue weighted by atomic mass is 9.92. The normalized spacial score (nSPS) is 14.5. The van der Waals surface area contributed by atoms with Crippen molar-refractivity contribution in [2.45, 2.75) is 36.2 Å². The highest BCUT2D eigenvalue weighted by molar-refractivity contribution is 7.89. The number of nitrogens with one attached hydrogen (secondary N) is 1. The summed E-state index contributed by atoms with van der Waals surface area (Å²) in [6.07, 6.45) is 2.97. The number of aromatic nitrogens is 2. The zero-order chi connectivity index (χ0) is 22.9. The maximum atomic E-state index is 12.8. The molecule has 7 nitrogen and oxygen atoms in total. The van der Waals surface area contributed by atoms with E-state index in [0.29, 0.717) is 33.7 Å². The van der Waals surface area contributed by atoms with Crippen LogP contribution >= 0.6 is 0 Å². The molecule has 2 aromatic heterocycles. The van der Waals surface area contributed by atoms with Gasteiger partial charge in [0.05, 0.1) is 29.3 Å². The van der Waals surface area contributed by atoms with Crippen molar-refractivity contribution in [1.29, 1.82) is 5.26 Å². The van der Waals surface area contributed by atoms with E-state index in [0.717, 1.165) is 19.3 Å². The number of hydrogen-bond acceptors (Lipinski definition) is 5. The van der Waals surface area contributed by atoms with E-state index in [4.69, 9.17) is 4.74 Å². The SMILES string of the molecule is COc1ccc2c(C#N)c(-c3ccc(S(=O)(=O)NC(CF)CF)cc3)n(C3CCC3)c2n1. The topological polar surface area (TPSA) is 97.0 Å². The molecule has 0 radical (unpaired) electrons. The number of pyridine rings is 1. The van der Waals surface area contributed by atoms with E-state index in [1.165, 1.54) is 19.2 Å². The molecule has 0 spiro atoms. The molecule has 1 fully saturated rings. The van der Waals surface area contributed by atoms with E-state index in [9.17, 15) is 22.5 Å². The molecule has 1 aromatic carbocycles. The van der Waals surface area contributed by atoms with Gasteiger partial charge in [0.15, 0.2) is 0 Å². The fourth-order valence-electron chi connectivity index (χ4n) is 3.86. The summed E-state index contributed by atoms with van der Waals surface area (Å²) in [4.78, 5) is 4.46. The second kappa shape index (κ2) is 8.84. The van der Waals surface area contributed by atoms with Crippen molar-refractivity contribution in [3.8, 4) is 23.2 Å². The van der Waals surface area contributed by atoms with Crippen molar-refractivity contribution in [2.75, 3.05) is 20.5 Å². The number of benzene rings is 1. The molecule has 10 heteroatoms. The summed E-state index contributed by atoms with van der Waals surface area (Å²) in [5, 5.41) is 10.6. The predicted molar refractivity (Wildman–Crippen MR) is 115 cm³/mol. The van der Waals surface area contributed by atoms with Gasteiger partial charge in [0, 0.05) is 17.5 Å². The molecule has 168 valence electrons. The Kier molecular flexibility index (Phi) is 6.13. The quantitative estimate of drug-likeness (QED) is 0.550. The summed E-state index contributed by atoms with van der Waals surface area (Å²) in [7, 11) is -2.55. The summed E-state index contributed by atoms with van der Waals surface area (Å²) in [6.45, 7) is -2.28. The zero-order valence-corrected chi connectivity index (χ0v) is 18.2. The van der Waals surface area contributed by atoms with Crippen molar-refractivity contribution < 1.29 is 21.9 Å². The van der Waals surface area contributed by atoms with Crippen LogP contribution < -0.4 is 9.46 Å². The maximum absolute atomic E-state index is 12.8. The molecule has 2 heterocycles. The molecule has 0 atom stereocenters. The average Bonchev–Trinajstić information content (AvgIpc) is 3.09. The summed E-state index contributed by atoms with van der Waals surface area (Å²) in [5.74, 6) is 0.439. The van der Waals surface area contributed by atoms with E-state index in [-0.39, 0.29) is 10.9 Å². The van der Waals surface area contributed by atoms with Gasteiger partial charge in [-0.3, -0.25) is 0 Å². The molecule has 1 aliphatic rings. The molecule has 1 saturated carbocycles. The van der Waals surface area contributed by atoms with Crippen LogP contribution in [0.4, 0.5) is 8.78 Å². The molecular weight excluding hydrogens is 438 g/mol. The third-order valence-electron chi connectivity index (χ3n) is 5.72. The first-order valence-corrected chi connectivity index (χ1v) is 11.7. The Bertz CT molecular complexity index is 1280.